The van der Waals surface area contributed by atoms with Gasteiger partial charge in [-0.25, -0.2) is 19.9 Å². The van der Waals surface area contributed by atoms with Gasteiger partial charge in [0.05, 0.1) is 22.9 Å². The standard InChI is InChI=1S/C20H16ClF3N6O4/c1-2-34-19(33)28-27-17(31)11-6-3-4-8-13(11)26-18(32)14-10-15(20(22,23)24)29-30(14)16-12(21)7-5-9-25-16/h3-10H,2H2,1H3,(H,26,32)(H,27,31)(H,28,33). The molecule has 14 heteroatoms. The second-order valence-corrected chi connectivity index (χ2v) is 6.84. The number of alkyl halides is 3. The van der Waals surface area contributed by atoms with Gasteiger partial charge in [-0.15, -0.1) is 0 Å². The van der Waals surface area contributed by atoms with E-state index in [0.29, 0.717) is 10.7 Å². The van der Waals surface area contributed by atoms with Crippen molar-refractivity contribution in [3.05, 3.63) is 70.6 Å². The lowest BCUT2D eigenvalue weighted by atomic mass is 10.1. The summed E-state index contributed by atoms with van der Waals surface area (Å²) in [5.41, 5.74) is 2.09. The number of halogens is 4. The highest BCUT2D eigenvalue weighted by Gasteiger charge is 2.36. The fourth-order valence-electron chi connectivity index (χ4n) is 2.69. The fraction of sp³-hybridized carbons (Fsp3) is 0.150. The Morgan fingerprint density at radius 2 is 1.82 bits per heavy atom. The van der Waals surface area contributed by atoms with E-state index in [1.807, 2.05) is 5.43 Å². The Hall–Kier alpha value is -4.13. The van der Waals surface area contributed by atoms with Crippen LogP contribution in [0.4, 0.5) is 23.7 Å². The smallest absolute Gasteiger partial charge is 0.435 e. The minimum Gasteiger partial charge on any atom is -0.449 e. The van der Waals surface area contributed by atoms with E-state index < -0.39 is 35.5 Å². The van der Waals surface area contributed by atoms with Crippen LogP contribution in [0, 0.1) is 0 Å². The van der Waals surface area contributed by atoms with Crippen molar-refractivity contribution < 1.29 is 32.3 Å². The molecular weight excluding hydrogens is 481 g/mol. The summed E-state index contributed by atoms with van der Waals surface area (Å²) in [4.78, 5) is 40.7. The Labute approximate surface area is 195 Å². The molecule has 0 aliphatic carbocycles. The third kappa shape index (κ3) is 5.61. The van der Waals surface area contributed by atoms with Gasteiger partial charge in [0.2, 0.25) is 0 Å². The Kier molecular flexibility index (Phi) is 7.36. The lowest BCUT2D eigenvalue weighted by molar-refractivity contribution is -0.141. The van der Waals surface area contributed by atoms with E-state index in [1.165, 1.54) is 42.6 Å². The second kappa shape index (κ2) is 10.2. The van der Waals surface area contributed by atoms with Gasteiger partial charge in [-0.3, -0.25) is 15.0 Å². The van der Waals surface area contributed by atoms with E-state index in [-0.39, 0.29) is 28.7 Å². The number of carbonyl (C=O) groups is 3. The van der Waals surface area contributed by atoms with Gasteiger partial charge in [-0.05, 0) is 31.2 Å². The lowest BCUT2D eigenvalue weighted by Crippen LogP contribution is -2.42. The van der Waals surface area contributed by atoms with Crippen LogP contribution in [0.5, 0.6) is 0 Å². The van der Waals surface area contributed by atoms with Gasteiger partial charge in [0, 0.05) is 12.3 Å². The molecule has 0 radical (unpaired) electrons. The van der Waals surface area contributed by atoms with Crippen LogP contribution in [-0.2, 0) is 10.9 Å². The maximum atomic E-state index is 13.3. The van der Waals surface area contributed by atoms with E-state index in [1.54, 1.807) is 6.92 Å². The summed E-state index contributed by atoms with van der Waals surface area (Å²) in [5, 5.41) is 5.77. The molecule has 0 fully saturated rings. The molecule has 0 bridgehead atoms. The van der Waals surface area contributed by atoms with Crippen molar-refractivity contribution in [1.82, 2.24) is 25.6 Å². The van der Waals surface area contributed by atoms with Crippen LogP contribution in [0.3, 0.4) is 0 Å². The molecule has 178 valence electrons. The Balaban J connectivity index is 1.92. The molecule has 0 saturated heterocycles. The third-order valence-corrected chi connectivity index (χ3v) is 4.44. The van der Waals surface area contributed by atoms with Crippen molar-refractivity contribution >= 4 is 35.2 Å². The number of aromatic nitrogens is 3. The lowest BCUT2D eigenvalue weighted by Gasteiger charge is -2.12. The van der Waals surface area contributed by atoms with Gasteiger partial charge < -0.3 is 10.1 Å². The number of benzene rings is 1. The number of ether oxygens (including phenoxy) is 1. The van der Waals surface area contributed by atoms with Crippen molar-refractivity contribution in [2.75, 3.05) is 11.9 Å². The maximum Gasteiger partial charge on any atom is 0.435 e. The van der Waals surface area contributed by atoms with E-state index in [0.717, 1.165) is 0 Å². The number of rotatable bonds is 5. The zero-order valence-corrected chi connectivity index (χ0v) is 18.1. The number of nitrogens with zero attached hydrogens (tertiary/aromatic N) is 3. The number of hydrogen-bond donors (Lipinski definition) is 3. The molecular formula is C20H16ClF3N6O4. The van der Waals surface area contributed by atoms with Gasteiger partial charge in [0.15, 0.2) is 11.5 Å². The van der Waals surface area contributed by atoms with Crippen LogP contribution in [0.15, 0.2) is 48.7 Å². The summed E-state index contributed by atoms with van der Waals surface area (Å²) in [6.45, 7) is 1.64. The first-order chi connectivity index (χ1) is 16.1. The number of pyridine rings is 1. The number of anilines is 1. The van der Waals surface area contributed by atoms with Crippen LogP contribution < -0.4 is 16.2 Å². The average Bonchev–Trinajstić information content (AvgIpc) is 3.24. The number of hydrazine groups is 1. The Morgan fingerprint density at radius 1 is 1.09 bits per heavy atom. The van der Waals surface area contributed by atoms with Crippen molar-refractivity contribution in [3.8, 4) is 5.82 Å². The van der Waals surface area contributed by atoms with E-state index in [4.69, 9.17) is 11.6 Å². The zero-order chi connectivity index (χ0) is 24.9. The highest BCUT2D eigenvalue weighted by molar-refractivity contribution is 6.32. The summed E-state index contributed by atoms with van der Waals surface area (Å²) in [6.07, 6.45) is -4.49. The van der Waals surface area contributed by atoms with Crippen molar-refractivity contribution in [2.24, 2.45) is 0 Å². The molecule has 2 heterocycles. The largest absolute Gasteiger partial charge is 0.449 e. The molecule has 34 heavy (non-hydrogen) atoms. The highest BCUT2D eigenvalue weighted by Crippen LogP contribution is 2.30. The van der Waals surface area contributed by atoms with Gasteiger partial charge in [-0.1, -0.05) is 23.7 Å². The van der Waals surface area contributed by atoms with Crippen molar-refractivity contribution in [2.45, 2.75) is 13.1 Å². The summed E-state index contributed by atoms with van der Waals surface area (Å²) in [6, 6.07) is 9.00. The molecule has 3 aromatic rings. The van der Waals surface area contributed by atoms with Gasteiger partial charge in [-0.2, -0.15) is 18.3 Å². The number of nitrogens with one attached hydrogen (secondary N) is 3. The predicted octanol–water partition coefficient (Wildman–Crippen LogP) is 3.58. The molecule has 0 aliphatic rings. The van der Waals surface area contributed by atoms with E-state index in [2.05, 4.69) is 25.6 Å². The number of hydrogen-bond acceptors (Lipinski definition) is 6. The monoisotopic (exact) mass is 496 g/mol. The average molecular weight is 497 g/mol. The molecule has 3 amide bonds. The first-order valence-electron chi connectivity index (χ1n) is 9.53. The van der Waals surface area contributed by atoms with E-state index >= 15 is 0 Å². The number of para-hydroxylation sites is 1. The SMILES string of the molecule is CCOC(=O)NNC(=O)c1ccccc1NC(=O)c1cc(C(F)(F)F)nn1-c1ncccc1Cl. The van der Waals surface area contributed by atoms with Gasteiger partial charge >= 0.3 is 12.3 Å². The highest BCUT2D eigenvalue weighted by atomic mass is 35.5. The quantitative estimate of drug-likeness (QED) is 0.463. The van der Waals surface area contributed by atoms with Crippen LogP contribution in [0.2, 0.25) is 5.02 Å². The number of carbonyl (C=O) groups excluding carboxylic acids is 3. The van der Waals surface area contributed by atoms with Gasteiger partial charge in [0.25, 0.3) is 11.8 Å². The molecule has 0 saturated carbocycles. The topological polar surface area (TPSA) is 127 Å². The maximum absolute atomic E-state index is 13.3. The minimum atomic E-state index is -4.85. The molecule has 10 nitrogen and oxygen atoms in total. The van der Waals surface area contributed by atoms with Gasteiger partial charge in [0.1, 0.15) is 5.69 Å². The first-order valence-corrected chi connectivity index (χ1v) is 9.91. The van der Waals surface area contributed by atoms with Crippen LogP contribution in [0.1, 0.15) is 33.5 Å². The summed E-state index contributed by atoms with van der Waals surface area (Å²) < 4.78 is 45.2. The molecule has 3 N–H and O–H groups in total. The minimum absolute atomic E-state index is 0.0433. The van der Waals surface area contributed by atoms with Crippen molar-refractivity contribution in [3.63, 3.8) is 0 Å². The third-order valence-electron chi connectivity index (χ3n) is 4.15. The summed E-state index contributed by atoms with van der Waals surface area (Å²) in [7, 11) is 0. The molecule has 0 unspecified atom stereocenters. The Bertz CT molecular complexity index is 1230. The molecule has 2 aromatic heterocycles. The second-order valence-electron chi connectivity index (χ2n) is 6.43. The fourth-order valence-corrected chi connectivity index (χ4v) is 2.90. The molecule has 0 aliphatic heterocycles. The predicted molar refractivity (Wildman–Crippen MR) is 113 cm³/mol. The van der Waals surface area contributed by atoms with E-state index in [9.17, 15) is 27.6 Å². The Morgan fingerprint density at radius 3 is 2.50 bits per heavy atom. The van der Waals surface area contributed by atoms with Crippen LogP contribution >= 0.6 is 11.6 Å². The summed E-state index contributed by atoms with van der Waals surface area (Å²) >= 11 is 6.03. The first kappa shape index (κ1) is 24.5. The van der Waals surface area contributed by atoms with Crippen molar-refractivity contribution in [1.29, 1.82) is 0 Å². The normalized spacial score (nSPS) is 11.0. The molecule has 3 rings (SSSR count). The summed E-state index contributed by atoms with van der Waals surface area (Å²) in [5.74, 6) is -2.04. The molecule has 0 atom stereocenters. The zero-order valence-electron chi connectivity index (χ0n) is 17.3. The number of amides is 3. The van der Waals surface area contributed by atoms with Crippen LogP contribution in [0.25, 0.3) is 5.82 Å². The molecule has 1 aromatic carbocycles. The van der Waals surface area contributed by atoms with Crippen LogP contribution in [-0.4, -0.2) is 39.3 Å². The molecule has 0 spiro atoms.